The Morgan fingerprint density at radius 2 is 1.85 bits per heavy atom. The summed E-state index contributed by atoms with van der Waals surface area (Å²) in [5, 5.41) is 6.41. The lowest BCUT2D eigenvalue weighted by atomic mass is 9.92. The number of anilines is 1. The number of nitrogens with zero attached hydrogens (tertiary/aromatic N) is 2. The predicted molar refractivity (Wildman–Crippen MR) is 133 cm³/mol. The lowest BCUT2D eigenvalue weighted by molar-refractivity contribution is -0.127. The van der Waals surface area contributed by atoms with Gasteiger partial charge in [0.2, 0.25) is 11.8 Å². The first-order valence-corrected chi connectivity index (χ1v) is 12.5. The Kier molecular flexibility index (Phi) is 8.40. The number of hydrogen-bond acceptors (Lipinski definition) is 5. The number of ether oxygens (including phenoxy) is 1. The van der Waals surface area contributed by atoms with Gasteiger partial charge in [0.15, 0.2) is 0 Å². The maximum absolute atomic E-state index is 12.7. The molecule has 0 radical (unpaired) electrons. The van der Waals surface area contributed by atoms with E-state index in [0.29, 0.717) is 17.5 Å². The van der Waals surface area contributed by atoms with E-state index in [-0.39, 0.29) is 22.9 Å². The number of amides is 2. The Morgan fingerprint density at radius 1 is 1.09 bits per heavy atom. The number of likely N-dealkylation sites (tertiary alicyclic amines) is 1. The highest BCUT2D eigenvalue weighted by atomic mass is 35.5. The molecule has 182 valence electrons. The fourth-order valence-corrected chi connectivity index (χ4v) is 5.04. The van der Waals surface area contributed by atoms with Gasteiger partial charge in [-0.3, -0.25) is 14.5 Å². The second kappa shape index (κ2) is 11.7. The Hall–Kier alpha value is -2.64. The summed E-state index contributed by atoms with van der Waals surface area (Å²) in [7, 11) is 1.48. The number of rotatable bonds is 7. The van der Waals surface area contributed by atoms with Crippen LogP contribution in [0.1, 0.15) is 60.9 Å². The number of pyridine rings is 1. The molecule has 0 atom stereocenters. The largest absolute Gasteiger partial charge is 0.481 e. The highest BCUT2D eigenvalue weighted by Crippen LogP contribution is 2.23. The van der Waals surface area contributed by atoms with E-state index in [9.17, 15) is 9.59 Å². The Balaban J connectivity index is 1.28. The molecule has 4 rings (SSSR count). The van der Waals surface area contributed by atoms with Crippen LogP contribution in [0.15, 0.2) is 36.4 Å². The van der Waals surface area contributed by atoms with Gasteiger partial charge in [-0.1, -0.05) is 43.0 Å². The third-order valence-corrected chi connectivity index (χ3v) is 6.94. The van der Waals surface area contributed by atoms with Gasteiger partial charge < -0.3 is 15.4 Å². The van der Waals surface area contributed by atoms with Crippen molar-refractivity contribution in [2.45, 2.75) is 57.5 Å². The molecule has 0 spiro atoms. The van der Waals surface area contributed by atoms with Gasteiger partial charge in [-0.2, -0.15) is 0 Å². The minimum atomic E-state index is -0.274. The maximum Gasteiger partial charge on any atom is 0.255 e. The second-order valence-electron chi connectivity index (χ2n) is 9.27. The summed E-state index contributed by atoms with van der Waals surface area (Å²) in [5.74, 6) is 0.379. The summed E-state index contributed by atoms with van der Waals surface area (Å²) in [6.45, 7) is 2.58. The zero-order chi connectivity index (χ0) is 23.9. The van der Waals surface area contributed by atoms with Crippen molar-refractivity contribution in [2.75, 3.05) is 25.5 Å². The molecule has 2 N–H and O–H groups in total. The molecule has 7 nitrogen and oxygen atoms in total. The molecule has 2 amide bonds. The van der Waals surface area contributed by atoms with Crippen LogP contribution in [0.2, 0.25) is 5.15 Å². The van der Waals surface area contributed by atoms with Gasteiger partial charge in [0.25, 0.3) is 5.91 Å². The number of hydrogen-bond donors (Lipinski definition) is 2. The lowest BCUT2D eigenvalue weighted by Crippen LogP contribution is -2.44. The van der Waals surface area contributed by atoms with E-state index < -0.39 is 0 Å². The smallest absolute Gasteiger partial charge is 0.255 e. The quantitative estimate of drug-likeness (QED) is 0.558. The molecule has 1 aliphatic heterocycles. The molecule has 2 aliphatic rings. The number of carbonyl (C=O) groups excluding carboxylic acids is 2. The molecule has 2 fully saturated rings. The molecule has 8 heteroatoms. The van der Waals surface area contributed by atoms with Crippen molar-refractivity contribution in [1.29, 1.82) is 0 Å². The van der Waals surface area contributed by atoms with Crippen LogP contribution < -0.4 is 15.4 Å². The first-order valence-electron chi connectivity index (χ1n) is 12.1. The summed E-state index contributed by atoms with van der Waals surface area (Å²) < 4.78 is 5.09. The summed E-state index contributed by atoms with van der Waals surface area (Å²) in [6.07, 6.45) is 7.78. The van der Waals surface area contributed by atoms with Gasteiger partial charge in [0, 0.05) is 35.8 Å². The highest BCUT2D eigenvalue weighted by molar-refractivity contribution is 6.30. The fraction of sp³-hybridized carbons (Fsp3) is 0.500. The van der Waals surface area contributed by atoms with Crippen LogP contribution in [0.25, 0.3) is 0 Å². The van der Waals surface area contributed by atoms with Crippen LogP contribution in [0.5, 0.6) is 5.88 Å². The van der Waals surface area contributed by atoms with Crippen LogP contribution in [-0.4, -0.2) is 47.9 Å². The summed E-state index contributed by atoms with van der Waals surface area (Å²) in [5.41, 5.74) is 2.22. The molecule has 0 bridgehead atoms. The fourth-order valence-electron chi connectivity index (χ4n) is 4.84. The molecule has 1 saturated carbocycles. The van der Waals surface area contributed by atoms with Gasteiger partial charge in [-0.25, -0.2) is 4.98 Å². The van der Waals surface area contributed by atoms with Crippen molar-refractivity contribution in [3.63, 3.8) is 0 Å². The third-order valence-electron chi connectivity index (χ3n) is 6.74. The van der Waals surface area contributed by atoms with E-state index in [1.807, 2.05) is 18.2 Å². The van der Waals surface area contributed by atoms with Gasteiger partial charge in [-0.05, 0) is 62.5 Å². The van der Waals surface area contributed by atoms with Crippen molar-refractivity contribution in [2.24, 2.45) is 5.92 Å². The maximum atomic E-state index is 12.7. The highest BCUT2D eigenvalue weighted by Gasteiger charge is 2.27. The standard InChI is InChI=1S/C26H33ClN4O3/c1-34-24-16-20(15-23(27)30-24)26(33)29-22-9-5-6-18(14-22)17-31-12-10-19(11-13-31)25(32)28-21-7-3-2-4-8-21/h5-6,9,14-16,19,21H,2-4,7-8,10-13,17H2,1H3,(H,28,32)(H,29,33). The minimum Gasteiger partial charge on any atom is -0.481 e. The predicted octanol–water partition coefficient (Wildman–Crippen LogP) is 4.66. The van der Waals surface area contributed by atoms with E-state index in [1.165, 1.54) is 32.4 Å². The van der Waals surface area contributed by atoms with Crippen LogP contribution in [0, 0.1) is 5.92 Å². The van der Waals surface area contributed by atoms with E-state index in [0.717, 1.165) is 56.6 Å². The van der Waals surface area contributed by atoms with Crippen LogP contribution in [0.4, 0.5) is 5.69 Å². The average Bonchev–Trinajstić information content (AvgIpc) is 2.85. The summed E-state index contributed by atoms with van der Waals surface area (Å²) >= 11 is 5.99. The number of nitrogens with one attached hydrogen (secondary N) is 2. The van der Waals surface area contributed by atoms with E-state index >= 15 is 0 Å². The zero-order valence-electron chi connectivity index (χ0n) is 19.7. The molecule has 0 unspecified atom stereocenters. The van der Waals surface area contributed by atoms with Crippen molar-refractivity contribution >= 4 is 29.1 Å². The normalized spacial score (nSPS) is 17.8. The SMILES string of the molecule is COc1cc(C(=O)Nc2cccc(CN3CCC(C(=O)NC4CCCCC4)CC3)c2)cc(Cl)n1. The molecule has 1 saturated heterocycles. The zero-order valence-corrected chi connectivity index (χ0v) is 20.4. The van der Waals surface area contributed by atoms with Crippen molar-refractivity contribution in [1.82, 2.24) is 15.2 Å². The molecular formula is C26H33ClN4O3. The minimum absolute atomic E-state index is 0.118. The average molecular weight is 485 g/mol. The van der Waals surface area contributed by atoms with Gasteiger partial charge in [0.1, 0.15) is 5.15 Å². The van der Waals surface area contributed by atoms with Crippen molar-refractivity contribution in [3.8, 4) is 5.88 Å². The Bertz CT molecular complexity index is 1000. The van der Waals surface area contributed by atoms with E-state index in [4.69, 9.17) is 16.3 Å². The first-order chi connectivity index (χ1) is 16.5. The molecule has 1 aromatic heterocycles. The number of benzene rings is 1. The molecule has 1 aliphatic carbocycles. The first kappa shape index (κ1) is 24.5. The monoisotopic (exact) mass is 484 g/mol. The van der Waals surface area contributed by atoms with Crippen LogP contribution >= 0.6 is 11.6 Å². The van der Waals surface area contributed by atoms with Crippen molar-refractivity contribution < 1.29 is 14.3 Å². The number of aromatic nitrogens is 1. The molecule has 34 heavy (non-hydrogen) atoms. The molecule has 2 heterocycles. The van der Waals surface area contributed by atoms with Crippen LogP contribution in [-0.2, 0) is 11.3 Å². The third kappa shape index (κ3) is 6.70. The summed E-state index contributed by atoms with van der Waals surface area (Å²) in [4.78, 5) is 31.7. The Morgan fingerprint density at radius 3 is 2.59 bits per heavy atom. The number of halogens is 1. The molecule has 2 aromatic rings. The van der Waals surface area contributed by atoms with Gasteiger partial charge in [0.05, 0.1) is 7.11 Å². The molecular weight excluding hydrogens is 452 g/mol. The van der Waals surface area contributed by atoms with Crippen LogP contribution in [0.3, 0.4) is 0 Å². The van der Waals surface area contributed by atoms with Gasteiger partial charge in [-0.15, -0.1) is 0 Å². The number of carbonyl (C=O) groups is 2. The Labute approximate surface area is 206 Å². The topological polar surface area (TPSA) is 83.6 Å². The van der Waals surface area contributed by atoms with Crippen molar-refractivity contribution in [3.05, 3.63) is 52.7 Å². The van der Waals surface area contributed by atoms with Gasteiger partial charge >= 0.3 is 0 Å². The number of methoxy groups -OCH3 is 1. The molecule has 1 aromatic carbocycles. The summed E-state index contributed by atoms with van der Waals surface area (Å²) in [6, 6.07) is 11.3. The second-order valence-corrected chi connectivity index (χ2v) is 9.66. The van der Waals surface area contributed by atoms with E-state index in [2.05, 4.69) is 26.6 Å². The van der Waals surface area contributed by atoms with E-state index in [1.54, 1.807) is 6.07 Å². The number of piperidine rings is 1. The lowest BCUT2D eigenvalue weighted by Gasteiger charge is -2.32.